The number of unbranched alkanes of at least 4 members (excludes halogenated alkanes) is 5. The van der Waals surface area contributed by atoms with Gasteiger partial charge >= 0.3 is 0 Å². The van der Waals surface area contributed by atoms with Crippen LogP contribution in [0, 0.1) is 0 Å². The third-order valence-electron chi connectivity index (χ3n) is 2.98. The van der Waals surface area contributed by atoms with Crippen molar-refractivity contribution in [2.24, 2.45) is 10.7 Å². The van der Waals surface area contributed by atoms with Gasteiger partial charge in [0.2, 0.25) is 5.91 Å². The van der Waals surface area contributed by atoms with Crippen LogP contribution in [0.1, 0.15) is 51.9 Å². The fraction of sp³-hybridized carbons (Fsp3) is 0.769. The third-order valence-corrected chi connectivity index (χ3v) is 3.97. The fourth-order valence-corrected chi connectivity index (χ4v) is 2.73. The summed E-state index contributed by atoms with van der Waals surface area (Å²) in [4.78, 5) is 26.5. The van der Waals surface area contributed by atoms with E-state index in [0.717, 1.165) is 12.8 Å². The van der Waals surface area contributed by atoms with E-state index >= 15 is 0 Å². The zero-order valence-electron chi connectivity index (χ0n) is 11.5. The lowest BCUT2D eigenvalue weighted by Gasteiger charge is -2.07. The number of amidine groups is 1. The second-order valence-corrected chi connectivity index (χ2v) is 5.94. The van der Waals surface area contributed by atoms with E-state index < -0.39 is 5.25 Å². The van der Waals surface area contributed by atoms with E-state index in [1.165, 1.54) is 37.4 Å². The van der Waals surface area contributed by atoms with Gasteiger partial charge in [-0.25, -0.2) is 0 Å². The lowest BCUT2D eigenvalue weighted by molar-refractivity contribution is -0.124. The summed E-state index contributed by atoms with van der Waals surface area (Å²) in [5.41, 5.74) is 5.43. The molecule has 0 radical (unpaired) electrons. The van der Waals surface area contributed by atoms with Crippen molar-refractivity contribution in [3.05, 3.63) is 0 Å². The van der Waals surface area contributed by atoms with Crippen LogP contribution < -0.4 is 11.1 Å². The van der Waals surface area contributed by atoms with Crippen molar-refractivity contribution >= 4 is 28.7 Å². The number of hydrogen-bond acceptors (Lipinski definition) is 4. The minimum absolute atomic E-state index is 0.0932. The van der Waals surface area contributed by atoms with Crippen LogP contribution in [0.3, 0.4) is 0 Å². The molecule has 0 saturated heterocycles. The van der Waals surface area contributed by atoms with Crippen molar-refractivity contribution in [2.45, 2.75) is 57.1 Å². The molecule has 2 amide bonds. The van der Waals surface area contributed by atoms with E-state index in [1.807, 2.05) is 0 Å². The van der Waals surface area contributed by atoms with Crippen LogP contribution in [-0.4, -0.2) is 28.8 Å². The Kier molecular flexibility index (Phi) is 7.55. The zero-order chi connectivity index (χ0) is 14.1. The maximum Gasteiger partial charge on any atom is 0.262 e. The van der Waals surface area contributed by atoms with Crippen LogP contribution in [0.5, 0.6) is 0 Å². The van der Waals surface area contributed by atoms with Crippen LogP contribution in [-0.2, 0) is 9.59 Å². The molecule has 0 aromatic carbocycles. The van der Waals surface area contributed by atoms with Crippen molar-refractivity contribution in [1.82, 2.24) is 5.32 Å². The zero-order valence-corrected chi connectivity index (χ0v) is 12.3. The van der Waals surface area contributed by atoms with Crippen LogP contribution in [0.2, 0.25) is 0 Å². The predicted octanol–water partition coefficient (Wildman–Crippen LogP) is 1.81. The molecule has 0 bridgehead atoms. The second kappa shape index (κ2) is 8.96. The summed E-state index contributed by atoms with van der Waals surface area (Å²) >= 11 is 1.17. The first kappa shape index (κ1) is 16.0. The molecule has 6 heteroatoms. The molecule has 1 aliphatic rings. The number of thioether (sulfide) groups is 1. The van der Waals surface area contributed by atoms with Crippen molar-refractivity contribution in [3.63, 3.8) is 0 Å². The first-order valence-electron chi connectivity index (χ1n) is 6.95. The van der Waals surface area contributed by atoms with Gasteiger partial charge in [0.1, 0.15) is 5.25 Å². The van der Waals surface area contributed by atoms with E-state index in [2.05, 4.69) is 17.2 Å². The summed E-state index contributed by atoms with van der Waals surface area (Å²) in [6.45, 7) is 2.88. The molecule has 0 aromatic heterocycles. The number of aliphatic imine (C=N–C) groups is 1. The fourth-order valence-electron chi connectivity index (χ4n) is 1.91. The summed E-state index contributed by atoms with van der Waals surface area (Å²) in [5.74, 6) is -0.387. The quantitative estimate of drug-likeness (QED) is 0.633. The molecule has 1 atom stereocenters. The monoisotopic (exact) mass is 285 g/mol. The number of nitrogens with zero attached hydrogens (tertiary/aromatic N) is 1. The average Bonchev–Trinajstić information content (AvgIpc) is 2.66. The lowest BCUT2D eigenvalue weighted by Crippen LogP contribution is -2.29. The Bertz CT molecular complexity index is 345. The van der Waals surface area contributed by atoms with Crippen LogP contribution in [0.25, 0.3) is 0 Å². The molecule has 1 aliphatic heterocycles. The highest BCUT2D eigenvalue weighted by Gasteiger charge is 2.28. The third kappa shape index (κ3) is 6.61. The molecule has 108 valence electrons. The largest absolute Gasteiger partial charge is 0.378 e. The van der Waals surface area contributed by atoms with Gasteiger partial charge < -0.3 is 11.1 Å². The maximum absolute atomic E-state index is 11.6. The molecule has 0 spiro atoms. The molecular weight excluding hydrogens is 262 g/mol. The van der Waals surface area contributed by atoms with Gasteiger partial charge in [0.25, 0.3) is 5.91 Å². The highest BCUT2D eigenvalue weighted by Crippen LogP contribution is 2.22. The van der Waals surface area contributed by atoms with Gasteiger partial charge in [0.05, 0.1) is 0 Å². The summed E-state index contributed by atoms with van der Waals surface area (Å²) < 4.78 is 0. The van der Waals surface area contributed by atoms with E-state index in [4.69, 9.17) is 5.73 Å². The van der Waals surface area contributed by atoms with E-state index in [9.17, 15) is 9.59 Å². The Morgan fingerprint density at radius 1 is 1.32 bits per heavy atom. The van der Waals surface area contributed by atoms with Crippen molar-refractivity contribution < 1.29 is 9.59 Å². The molecule has 0 aromatic rings. The summed E-state index contributed by atoms with van der Waals surface area (Å²) in [7, 11) is 0. The molecule has 1 heterocycles. The van der Waals surface area contributed by atoms with Gasteiger partial charge in [-0.1, -0.05) is 50.8 Å². The van der Waals surface area contributed by atoms with Gasteiger partial charge in [0.15, 0.2) is 5.17 Å². The SMILES string of the molecule is CCCCCCCCNC(=O)C[C@@H]1SC(N)=NC1=O. The van der Waals surface area contributed by atoms with Gasteiger partial charge in [-0.15, -0.1) is 0 Å². The van der Waals surface area contributed by atoms with Crippen molar-refractivity contribution in [3.8, 4) is 0 Å². The number of carbonyl (C=O) groups is 2. The molecule has 0 unspecified atom stereocenters. The Hall–Kier alpha value is -1.04. The predicted molar refractivity (Wildman–Crippen MR) is 79.0 cm³/mol. The number of hydrogen-bond donors (Lipinski definition) is 2. The van der Waals surface area contributed by atoms with Gasteiger partial charge in [0, 0.05) is 13.0 Å². The standard InChI is InChI=1S/C13H23N3O2S/c1-2-3-4-5-6-7-8-15-11(17)9-10-12(18)16-13(14)19-10/h10H,2-9H2,1H3,(H,15,17)(H2,14,16,18)/t10-/m0/s1. The summed E-state index contributed by atoms with van der Waals surface area (Å²) in [5, 5.41) is 2.68. The highest BCUT2D eigenvalue weighted by molar-refractivity contribution is 8.15. The molecule has 0 saturated carbocycles. The highest BCUT2D eigenvalue weighted by atomic mass is 32.2. The number of nitrogens with two attached hydrogens (primary N) is 1. The Balaban J connectivity index is 2.01. The molecular formula is C13H23N3O2S. The average molecular weight is 285 g/mol. The van der Waals surface area contributed by atoms with Crippen molar-refractivity contribution in [1.29, 1.82) is 0 Å². The molecule has 5 nitrogen and oxygen atoms in total. The number of nitrogens with one attached hydrogen (secondary N) is 1. The first-order chi connectivity index (χ1) is 9.13. The Morgan fingerprint density at radius 2 is 2.00 bits per heavy atom. The van der Waals surface area contributed by atoms with Crippen LogP contribution >= 0.6 is 11.8 Å². The maximum atomic E-state index is 11.6. The summed E-state index contributed by atoms with van der Waals surface area (Å²) in [6, 6.07) is 0. The van der Waals surface area contributed by atoms with Crippen molar-refractivity contribution in [2.75, 3.05) is 6.54 Å². The van der Waals surface area contributed by atoms with Gasteiger partial charge in [-0.2, -0.15) is 4.99 Å². The molecule has 0 fully saturated rings. The smallest absolute Gasteiger partial charge is 0.262 e. The number of rotatable bonds is 9. The van der Waals surface area contributed by atoms with Gasteiger partial charge in [-0.3, -0.25) is 9.59 Å². The normalized spacial score (nSPS) is 18.5. The lowest BCUT2D eigenvalue weighted by atomic mass is 10.1. The Labute approximate surface area is 118 Å². The molecule has 0 aliphatic carbocycles. The number of amides is 2. The number of carbonyl (C=O) groups excluding carboxylic acids is 2. The Morgan fingerprint density at radius 3 is 2.63 bits per heavy atom. The second-order valence-electron chi connectivity index (χ2n) is 4.72. The van der Waals surface area contributed by atoms with Crippen LogP contribution in [0.4, 0.5) is 0 Å². The summed E-state index contributed by atoms with van der Waals surface area (Å²) in [6.07, 6.45) is 7.35. The van der Waals surface area contributed by atoms with E-state index in [-0.39, 0.29) is 23.4 Å². The molecule has 19 heavy (non-hydrogen) atoms. The topological polar surface area (TPSA) is 84.6 Å². The van der Waals surface area contributed by atoms with E-state index in [0.29, 0.717) is 6.54 Å². The van der Waals surface area contributed by atoms with Crippen LogP contribution in [0.15, 0.2) is 4.99 Å². The minimum Gasteiger partial charge on any atom is -0.378 e. The minimum atomic E-state index is -0.426. The first-order valence-corrected chi connectivity index (χ1v) is 7.82. The van der Waals surface area contributed by atoms with Gasteiger partial charge in [-0.05, 0) is 6.42 Å². The molecule has 3 N–H and O–H groups in total. The van der Waals surface area contributed by atoms with E-state index in [1.54, 1.807) is 0 Å². The molecule has 1 rings (SSSR count).